The summed E-state index contributed by atoms with van der Waals surface area (Å²) in [6.45, 7) is 6.01. The second-order valence-electron chi connectivity index (χ2n) is 15.4. The highest BCUT2D eigenvalue weighted by Crippen LogP contribution is 2.71. The smallest absolute Gasteiger partial charge is 0.335 e. The number of amides is 1. The van der Waals surface area contributed by atoms with Crippen LogP contribution in [0.2, 0.25) is 0 Å². The number of rotatable bonds is 12. The van der Waals surface area contributed by atoms with Gasteiger partial charge in [-0.05, 0) is 92.6 Å². The number of nitrogens with one attached hydrogen (secondary N) is 1. The Morgan fingerprint density at radius 3 is 2.48 bits per heavy atom. The molecule has 0 saturated heterocycles. The standard InChI is InChI=1S/C36H52N4O10/c1-20(41)49-27-18-36(47)25-8-7-22-17-23(50-30(44)11-9-28(42)40-26(32(45)46)5-4-16-39-33(37)38)12-14-34(22,2)24(25)13-15-35(36,3)31(27)21-6-10-29(43)48-19-21/h6,10,19,22-27,31,47H,4-5,7-9,11-18H2,1-3H3,(H,40,42)(H,45,46)(H4,37,38,39). The predicted molar refractivity (Wildman–Crippen MR) is 180 cm³/mol. The van der Waals surface area contributed by atoms with Crippen molar-refractivity contribution in [1.82, 2.24) is 5.32 Å². The molecule has 4 saturated carbocycles. The molecule has 4 fully saturated rings. The van der Waals surface area contributed by atoms with Crippen LogP contribution in [-0.4, -0.2) is 70.4 Å². The number of hydrogen-bond acceptors (Lipinski definition) is 10. The SMILES string of the molecule is CC(=O)OC1CC2(O)C3CCC4CC(OC(=O)CCC(=O)NC(CCCN=C(N)N)C(=O)O)CCC4(C)C3CCC2(C)C1c1ccc(=O)oc1. The summed E-state index contributed by atoms with van der Waals surface area (Å²) in [6, 6.07) is 1.97. The number of esters is 2. The number of carbonyl (C=O) groups is 4. The van der Waals surface area contributed by atoms with Gasteiger partial charge < -0.3 is 40.9 Å². The average molecular weight is 701 g/mol. The van der Waals surface area contributed by atoms with E-state index in [2.05, 4.69) is 24.2 Å². The average Bonchev–Trinajstić information content (AvgIpc) is 3.27. The topological polar surface area (TPSA) is 234 Å². The summed E-state index contributed by atoms with van der Waals surface area (Å²) >= 11 is 0. The summed E-state index contributed by atoms with van der Waals surface area (Å²) in [4.78, 5) is 64.6. The number of ether oxygens (including phenoxy) is 2. The fourth-order valence-corrected chi connectivity index (χ4v) is 10.2. The molecule has 276 valence electrons. The molecule has 0 radical (unpaired) electrons. The van der Waals surface area contributed by atoms with Crippen LogP contribution in [0.15, 0.2) is 32.6 Å². The summed E-state index contributed by atoms with van der Waals surface area (Å²) in [5.41, 5.74) is 9.07. The summed E-state index contributed by atoms with van der Waals surface area (Å²) < 4.78 is 16.9. The molecule has 1 aromatic heterocycles. The van der Waals surface area contributed by atoms with Crippen LogP contribution in [0.25, 0.3) is 0 Å². The maximum Gasteiger partial charge on any atom is 0.335 e. The maximum atomic E-state index is 12.8. The van der Waals surface area contributed by atoms with Crippen molar-refractivity contribution in [2.75, 3.05) is 6.54 Å². The van der Waals surface area contributed by atoms with Gasteiger partial charge in [0.05, 0.1) is 18.3 Å². The first-order valence-electron chi connectivity index (χ1n) is 17.8. The maximum absolute atomic E-state index is 12.8. The second kappa shape index (κ2) is 14.7. The van der Waals surface area contributed by atoms with Gasteiger partial charge in [-0.3, -0.25) is 19.4 Å². The van der Waals surface area contributed by atoms with E-state index in [0.29, 0.717) is 32.1 Å². The third-order valence-corrected chi connectivity index (χ3v) is 12.6. The largest absolute Gasteiger partial charge is 0.480 e. The number of carbonyl (C=O) groups excluding carboxylic acids is 3. The first kappa shape index (κ1) is 37.3. The minimum absolute atomic E-state index is 0.0138. The van der Waals surface area contributed by atoms with E-state index in [1.54, 1.807) is 6.07 Å². The van der Waals surface area contributed by atoms with Gasteiger partial charge in [-0.2, -0.15) is 0 Å². The summed E-state index contributed by atoms with van der Waals surface area (Å²) in [7, 11) is 0. The zero-order valence-corrected chi connectivity index (χ0v) is 29.2. The van der Waals surface area contributed by atoms with Gasteiger partial charge in [0.2, 0.25) is 5.91 Å². The van der Waals surface area contributed by atoms with Crippen molar-refractivity contribution >= 4 is 29.8 Å². The molecule has 7 N–H and O–H groups in total. The van der Waals surface area contributed by atoms with E-state index in [4.69, 9.17) is 25.4 Å². The van der Waals surface area contributed by atoms with Gasteiger partial charge in [0.25, 0.3) is 0 Å². The van der Waals surface area contributed by atoms with E-state index < -0.39 is 52.6 Å². The second-order valence-corrected chi connectivity index (χ2v) is 15.4. The van der Waals surface area contributed by atoms with Crippen LogP contribution in [0.5, 0.6) is 0 Å². The third-order valence-electron chi connectivity index (χ3n) is 12.6. The number of aliphatic carboxylic acids is 1. The lowest BCUT2D eigenvalue weighted by atomic mass is 9.43. The molecule has 0 aliphatic heterocycles. The highest BCUT2D eigenvalue weighted by atomic mass is 16.5. The van der Waals surface area contributed by atoms with E-state index >= 15 is 0 Å². The predicted octanol–water partition coefficient (Wildman–Crippen LogP) is 2.74. The molecule has 1 amide bonds. The molecule has 5 rings (SSSR count). The number of nitrogens with two attached hydrogens (primary N) is 2. The highest BCUT2D eigenvalue weighted by molar-refractivity contribution is 5.85. The fraction of sp³-hybridized carbons (Fsp3) is 0.722. The van der Waals surface area contributed by atoms with Crippen molar-refractivity contribution in [3.05, 3.63) is 34.4 Å². The molecule has 10 unspecified atom stereocenters. The first-order chi connectivity index (χ1) is 23.6. The quantitative estimate of drug-likeness (QED) is 0.0917. The zero-order chi connectivity index (χ0) is 36.4. The molecule has 4 aliphatic carbocycles. The Kier molecular flexibility index (Phi) is 11.0. The van der Waals surface area contributed by atoms with E-state index in [9.17, 15) is 34.2 Å². The van der Waals surface area contributed by atoms with Crippen molar-refractivity contribution in [3.8, 4) is 0 Å². The van der Waals surface area contributed by atoms with Crippen molar-refractivity contribution < 1.29 is 43.3 Å². The van der Waals surface area contributed by atoms with Crippen LogP contribution >= 0.6 is 0 Å². The van der Waals surface area contributed by atoms with Crippen molar-refractivity contribution in [2.24, 2.45) is 45.0 Å². The molecule has 14 nitrogen and oxygen atoms in total. The molecule has 10 atom stereocenters. The van der Waals surface area contributed by atoms with Crippen LogP contribution < -0.4 is 22.4 Å². The van der Waals surface area contributed by atoms with Gasteiger partial charge in [0.15, 0.2) is 5.96 Å². The van der Waals surface area contributed by atoms with Gasteiger partial charge in [-0.15, -0.1) is 0 Å². The van der Waals surface area contributed by atoms with Crippen LogP contribution in [0.3, 0.4) is 0 Å². The summed E-state index contributed by atoms with van der Waals surface area (Å²) in [6.07, 6.45) is 6.53. The Morgan fingerprint density at radius 2 is 1.82 bits per heavy atom. The minimum atomic E-state index is -1.18. The van der Waals surface area contributed by atoms with Crippen molar-refractivity contribution in [3.63, 3.8) is 0 Å². The van der Waals surface area contributed by atoms with Crippen LogP contribution in [0.1, 0.15) is 109 Å². The van der Waals surface area contributed by atoms with Gasteiger partial charge in [0.1, 0.15) is 18.2 Å². The van der Waals surface area contributed by atoms with Gasteiger partial charge in [0, 0.05) is 43.7 Å². The number of aliphatic imine (C=N–C) groups is 1. The van der Waals surface area contributed by atoms with Crippen LogP contribution in [-0.2, 0) is 28.7 Å². The lowest BCUT2D eigenvalue weighted by Gasteiger charge is -2.63. The van der Waals surface area contributed by atoms with Crippen molar-refractivity contribution in [2.45, 2.75) is 128 Å². The van der Waals surface area contributed by atoms with Gasteiger partial charge >= 0.3 is 23.5 Å². The molecule has 14 heteroatoms. The van der Waals surface area contributed by atoms with E-state index in [0.717, 1.165) is 31.2 Å². The normalized spacial score (nSPS) is 35.0. The van der Waals surface area contributed by atoms with Gasteiger partial charge in [-0.1, -0.05) is 13.8 Å². The Balaban J connectivity index is 1.18. The van der Waals surface area contributed by atoms with E-state index in [1.807, 2.05) is 0 Å². The Labute approximate surface area is 291 Å². The third kappa shape index (κ3) is 7.40. The molecule has 1 aromatic rings. The number of aliphatic hydroxyl groups is 1. The van der Waals surface area contributed by atoms with Crippen molar-refractivity contribution in [1.29, 1.82) is 0 Å². The molecular weight excluding hydrogens is 648 g/mol. The first-order valence-corrected chi connectivity index (χ1v) is 17.8. The number of nitrogens with zero attached hydrogens (tertiary/aromatic N) is 1. The highest BCUT2D eigenvalue weighted by Gasteiger charge is 2.70. The molecule has 0 aromatic carbocycles. The van der Waals surface area contributed by atoms with E-state index in [1.165, 1.54) is 19.3 Å². The minimum Gasteiger partial charge on any atom is -0.480 e. The monoisotopic (exact) mass is 700 g/mol. The molecule has 0 spiro atoms. The summed E-state index contributed by atoms with van der Waals surface area (Å²) in [5, 5.41) is 24.7. The summed E-state index contributed by atoms with van der Waals surface area (Å²) in [5.74, 6) is -2.54. The number of fused-ring (bicyclic) bond motifs is 5. The lowest BCUT2D eigenvalue weighted by molar-refractivity contribution is -0.207. The van der Waals surface area contributed by atoms with Crippen LogP contribution in [0, 0.1) is 28.6 Å². The molecule has 0 bridgehead atoms. The zero-order valence-electron chi connectivity index (χ0n) is 29.2. The Morgan fingerprint density at radius 1 is 1.06 bits per heavy atom. The van der Waals surface area contributed by atoms with Crippen LogP contribution in [0.4, 0.5) is 0 Å². The van der Waals surface area contributed by atoms with Gasteiger partial charge in [-0.25, -0.2) is 9.59 Å². The fourth-order valence-electron chi connectivity index (χ4n) is 10.2. The number of carboxylic acids is 1. The molecule has 4 aliphatic rings. The molecular formula is C36H52N4O10. The molecule has 50 heavy (non-hydrogen) atoms. The Hall–Kier alpha value is -3.94. The van der Waals surface area contributed by atoms with E-state index in [-0.39, 0.29) is 67.0 Å². The number of guanidine groups is 1. The molecule has 1 heterocycles. The lowest BCUT2D eigenvalue weighted by Crippen LogP contribution is -2.62. The Bertz CT molecular complexity index is 1520. The number of hydrogen-bond donors (Lipinski definition) is 5. The number of carboxylic acid groups (broad SMARTS) is 1.